The van der Waals surface area contributed by atoms with E-state index in [1.807, 2.05) is 19.1 Å². The fraction of sp³-hybridized carbons (Fsp3) is 0.600. The van der Waals surface area contributed by atoms with Crippen LogP contribution in [0.1, 0.15) is 50.2 Å². The lowest BCUT2D eigenvalue weighted by Crippen LogP contribution is -2.37. The highest BCUT2D eigenvalue weighted by molar-refractivity contribution is 6.01. The SMILES string of the molecule is Cc1cccc(C(C)C)c1N1CC(C(=O)NCC2CCCO2)CC1=O. The number of nitrogens with zero attached hydrogens (tertiary/aromatic N) is 1. The highest BCUT2D eigenvalue weighted by Crippen LogP contribution is 2.34. The minimum atomic E-state index is -0.284. The smallest absolute Gasteiger partial charge is 0.227 e. The molecule has 2 aliphatic heterocycles. The summed E-state index contributed by atoms with van der Waals surface area (Å²) in [7, 11) is 0. The summed E-state index contributed by atoms with van der Waals surface area (Å²) >= 11 is 0. The van der Waals surface area contributed by atoms with Gasteiger partial charge in [0, 0.05) is 31.8 Å². The Kier molecular flexibility index (Phi) is 5.42. The van der Waals surface area contributed by atoms with Crippen LogP contribution >= 0.6 is 0 Å². The summed E-state index contributed by atoms with van der Waals surface area (Å²) in [6, 6.07) is 6.13. The number of hydrogen-bond acceptors (Lipinski definition) is 3. The number of carbonyl (C=O) groups excluding carboxylic acids is 2. The van der Waals surface area contributed by atoms with Crippen LogP contribution in [-0.4, -0.2) is 37.6 Å². The largest absolute Gasteiger partial charge is 0.376 e. The van der Waals surface area contributed by atoms with Crippen molar-refractivity contribution in [3.05, 3.63) is 29.3 Å². The average Bonchev–Trinajstić information content (AvgIpc) is 3.22. The maximum absolute atomic E-state index is 12.6. The van der Waals surface area contributed by atoms with Crippen molar-refractivity contribution < 1.29 is 14.3 Å². The van der Waals surface area contributed by atoms with Gasteiger partial charge >= 0.3 is 0 Å². The topological polar surface area (TPSA) is 58.6 Å². The van der Waals surface area contributed by atoms with Crippen LogP contribution in [0.2, 0.25) is 0 Å². The molecule has 0 spiro atoms. The average molecular weight is 344 g/mol. The Morgan fingerprint density at radius 1 is 1.40 bits per heavy atom. The fourth-order valence-corrected chi connectivity index (χ4v) is 3.78. The van der Waals surface area contributed by atoms with Crippen molar-refractivity contribution in [1.29, 1.82) is 0 Å². The van der Waals surface area contributed by atoms with E-state index >= 15 is 0 Å². The predicted octanol–water partition coefficient (Wildman–Crippen LogP) is 2.77. The molecule has 1 aromatic rings. The molecule has 136 valence electrons. The first-order valence-electron chi connectivity index (χ1n) is 9.26. The Hall–Kier alpha value is -1.88. The Balaban J connectivity index is 1.69. The van der Waals surface area contributed by atoms with E-state index < -0.39 is 0 Å². The number of ether oxygens (including phenoxy) is 1. The maximum atomic E-state index is 12.6. The molecule has 2 atom stereocenters. The summed E-state index contributed by atoms with van der Waals surface area (Å²) in [4.78, 5) is 26.9. The van der Waals surface area contributed by atoms with Crippen LogP contribution in [0.3, 0.4) is 0 Å². The molecule has 0 bridgehead atoms. The lowest BCUT2D eigenvalue weighted by Gasteiger charge is -2.24. The summed E-state index contributed by atoms with van der Waals surface area (Å²) in [6.07, 6.45) is 2.46. The highest BCUT2D eigenvalue weighted by Gasteiger charge is 2.36. The molecule has 2 saturated heterocycles. The van der Waals surface area contributed by atoms with E-state index in [1.165, 1.54) is 0 Å². The van der Waals surface area contributed by atoms with Gasteiger partial charge in [-0.15, -0.1) is 0 Å². The molecule has 2 aliphatic rings. The van der Waals surface area contributed by atoms with Gasteiger partial charge in [0.1, 0.15) is 0 Å². The van der Waals surface area contributed by atoms with Gasteiger partial charge in [0.05, 0.1) is 12.0 Å². The molecular weight excluding hydrogens is 316 g/mol. The van der Waals surface area contributed by atoms with Gasteiger partial charge < -0.3 is 15.0 Å². The van der Waals surface area contributed by atoms with Crippen molar-refractivity contribution in [3.8, 4) is 0 Å². The second-order valence-electron chi connectivity index (χ2n) is 7.45. The summed E-state index contributed by atoms with van der Waals surface area (Å²) in [5.41, 5.74) is 3.23. The third-order valence-corrected chi connectivity index (χ3v) is 5.18. The molecule has 0 saturated carbocycles. The third-order valence-electron chi connectivity index (χ3n) is 5.18. The number of benzene rings is 1. The summed E-state index contributed by atoms with van der Waals surface area (Å²) in [5.74, 6) is 0.0445. The lowest BCUT2D eigenvalue weighted by molar-refractivity contribution is -0.126. The number of nitrogens with one attached hydrogen (secondary N) is 1. The Morgan fingerprint density at radius 2 is 2.20 bits per heavy atom. The van der Waals surface area contributed by atoms with Gasteiger partial charge in [-0.3, -0.25) is 9.59 Å². The van der Waals surface area contributed by atoms with E-state index in [0.717, 1.165) is 36.3 Å². The molecule has 5 nitrogen and oxygen atoms in total. The Labute approximate surface area is 149 Å². The van der Waals surface area contributed by atoms with Crippen molar-refractivity contribution in [1.82, 2.24) is 5.32 Å². The molecule has 2 fully saturated rings. The van der Waals surface area contributed by atoms with Crippen molar-refractivity contribution in [3.63, 3.8) is 0 Å². The van der Waals surface area contributed by atoms with Gasteiger partial charge in [-0.2, -0.15) is 0 Å². The van der Waals surface area contributed by atoms with Crippen LogP contribution in [0.15, 0.2) is 18.2 Å². The minimum Gasteiger partial charge on any atom is -0.376 e. The normalized spacial score (nSPS) is 23.5. The van der Waals surface area contributed by atoms with Crippen molar-refractivity contribution >= 4 is 17.5 Å². The van der Waals surface area contributed by atoms with Crippen LogP contribution in [0.5, 0.6) is 0 Å². The van der Waals surface area contributed by atoms with Crippen LogP contribution in [0.4, 0.5) is 5.69 Å². The molecule has 1 N–H and O–H groups in total. The zero-order valence-electron chi connectivity index (χ0n) is 15.4. The second-order valence-corrected chi connectivity index (χ2v) is 7.45. The summed E-state index contributed by atoms with van der Waals surface area (Å²) in [5, 5.41) is 2.97. The Morgan fingerprint density at radius 3 is 2.88 bits per heavy atom. The van der Waals surface area contributed by atoms with Gasteiger partial charge in [0.15, 0.2) is 0 Å². The summed E-state index contributed by atoms with van der Waals surface area (Å²) in [6.45, 7) is 8.07. The molecule has 2 amide bonds. The van der Waals surface area contributed by atoms with Gasteiger partial charge in [-0.05, 0) is 36.8 Å². The van der Waals surface area contributed by atoms with E-state index in [-0.39, 0.29) is 30.3 Å². The molecule has 2 unspecified atom stereocenters. The molecule has 25 heavy (non-hydrogen) atoms. The van der Waals surface area contributed by atoms with Gasteiger partial charge in [-0.1, -0.05) is 32.0 Å². The van der Waals surface area contributed by atoms with Gasteiger partial charge in [0.25, 0.3) is 0 Å². The van der Waals surface area contributed by atoms with Crippen molar-refractivity contribution in [2.45, 2.75) is 52.1 Å². The van der Waals surface area contributed by atoms with E-state index in [0.29, 0.717) is 19.0 Å². The molecule has 0 aliphatic carbocycles. The zero-order chi connectivity index (χ0) is 18.0. The van der Waals surface area contributed by atoms with Crippen LogP contribution in [0, 0.1) is 12.8 Å². The van der Waals surface area contributed by atoms with Crippen molar-refractivity contribution in [2.75, 3.05) is 24.6 Å². The molecule has 2 heterocycles. The Bertz CT molecular complexity index is 650. The van der Waals surface area contributed by atoms with Crippen LogP contribution < -0.4 is 10.2 Å². The quantitative estimate of drug-likeness (QED) is 0.893. The first-order valence-corrected chi connectivity index (χ1v) is 9.26. The number of hydrogen-bond donors (Lipinski definition) is 1. The van der Waals surface area contributed by atoms with E-state index in [9.17, 15) is 9.59 Å². The lowest BCUT2D eigenvalue weighted by atomic mass is 9.97. The van der Waals surface area contributed by atoms with Gasteiger partial charge in [0.2, 0.25) is 11.8 Å². The standard InChI is InChI=1S/C20H28N2O3/c1-13(2)17-8-4-6-14(3)19(17)22-12-15(10-18(22)23)20(24)21-11-16-7-5-9-25-16/h4,6,8,13,15-16H,5,7,9-12H2,1-3H3,(H,21,24). The third kappa shape index (κ3) is 3.87. The van der Waals surface area contributed by atoms with E-state index in [4.69, 9.17) is 4.74 Å². The molecular formula is C20H28N2O3. The minimum absolute atomic E-state index is 0.0356. The number of anilines is 1. The predicted molar refractivity (Wildman–Crippen MR) is 97.7 cm³/mol. The van der Waals surface area contributed by atoms with Crippen LogP contribution in [-0.2, 0) is 14.3 Å². The molecule has 5 heteroatoms. The number of amides is 2. The number of aryl methyl sites for hydroxylation is 1. The van der Waals surface area contributed by atoms with Gasteiger partial charge in [-0.25, -0.2) is 0 Å². The first-order chi connectivity index (χ1) is 12.0. The summed E-state index contributed by atoms with van der Waals surface area (Å²) < 4.78 is 5.54. The van der Waals surface area contributed by atoms with Crippen molar-refractivity contribution in [2.24, 2.45) is 5.92 Å². The zero-order valence-corrected chi connectivity index (χ0v) is 15.4. The number of carbonyl (C=O) groups is 2. The number of rotatable bonds is 5. The van der Waals surface area contributed by atoms with E-state index in [1.54, 1.807) is 4.90 Å². The fourth-order valence-electron chi connectivity index (χ4n) is 3.78. The van der Waals surface area contributed by atoms with Crippen LogP contribution in [0.25, 0.3) is 0 Å². The molecule has 0 radical (unpaired) electrons. The first kappa shape index (κ1) is 17.9. The molecule has 3 rings (SSSR count). The number of para-hydroxylation sites is 1. The molecule has 1 aromatic carbocycles. The molecule has 0 aromatic heterocycles. The maximum Gasteiger partial charge on any atom is 0.227 e. The monoisotopic (exact) mass is 344 g/mol. The van der Waals surface area contributed by atoms with E-state index in [2.05, 4.69) is 25.2 Å². The second kappa shape index (κ2) is 7.56. The highest BCUT2D eigenvalue weighted by atomic mass is 16.5.